The van der Waals surface area contributed by atoms with Gasteiger partial charge >= 0.3 is 0 Å². The maximum absolute atomic E-state index is 13.3. The molecule has 4 rings (SSSR count). The predicted molar refractivity (Wildman–Crippen MR) is 123 cm³/mol. The normalized spacial score (nSPS) is 18.3. The molecular formula is C25H32N2O3S. The van der Waals surface area contributed by atoms with E-state index in [2.05, 4.69) is 23.5 Å². The number of fused-ring (bicyclic) bond motifs is 1. The number of sulfonamides is 1. The molecule has 2 aromatic rings. The molecule has 6 heteroatoms. The standard InChI is InChI=1S/C25H32N2O3S/c1-18-10-11-23(17-24(18)31(29,30)27-14-5-3-4-6-15-27)25(28)26-19(2)21-13-12-20-8-7-9-22(20)16-21/h10-13,16-17,19H,3-9,14-15H2,1-2H3,(H,26,28)/t19-/m0/s1. The molecule has 1 aliphatic heterocycles. The van der Waals surface area contributed by atoms with E-state index in [-0.39, 0.29) is 16.8 Å². The van der Waals surface area contributed by atoms with Crippen LogP contribution in [0.1, 0.15) is 77.7 Å². The molecule has 1 heterocycles. The van der Waals surface area contributed by atoms with Crippen LogP contribution in [-0.4, -0.2) is 31.7 Å². The Morgan fingerprint density at radius 1 is 0.935 bits per heavy atom. The minimum Gasteiger partial charge on any atom is -0.346 e. The molecule has 1 amide bonds. The van der Waals surface area contributed by atoms with Gasteiger partial charge in [-0.2, -0.15) is 4.31 Å². The van der Waals surface area contributed by atoms with Crippen LogP contribution in [0.2, 0.25) is 0 Å². The molecule has 1 aliphatic carbocycles. The topological polar surface area (TPSA) is 66.5 Å². The van der Waals surface area contributed by atoms with Crippen molar-refractivity contribution in [1.29, 1.82) is 0 Å². The predicted octanol–water partition coefficient (Wildman–Crippen LogP) is 4.54. The van der Waals surface area contributed by atoms with E-state index in [4.69, 9.17) is 0 Å². The Hall–Kier alpha value is -2.18. The second kappa shape index (κ2) is 9.13. The van der Waals surface area contributed by atoms with E-state index in [0.717, 1.165) is 44.1 Å². The summed E-state index contributed by atoms with van der Waals surface area (Å²) in [6.45, 7) is 4.86. The highest BCUT2D eigenvalue weighted by Gasteiger charge is 2.27. The molecule has 0 spiro atoms. The number of carbonyl (C=O) groups is 1. The average molecular weight is 441 g/mol. The minimum absolute atomic E-state index is 0.148. The van der Waals surface area contributed by atoms with E-state index < -0.39 is 10.0 Å². The first kappa shape index (κ1) is 22.0. The number of amides is 1. The lowest BCUT2D eigenvalue weighted by atomic mass is 10.0. The SMILES string of the molecule is Cc1ccc(C(=O)N[C@@H](C)c2ccc3c(c2)CCC3)cc1S(=O)(=O)N1CCCCCC1. The molecule has 0 bridgehead atoms. The maximum atomic E-state index is 13.3. The van der Waals surface area contributed by atoms with Crippen molar-refractivity contribution < 1.29 is 13.2 Å². The zero-order chi connectivity index (χ0) is 22.0. The Bertz CT molecular complexity index is 1070. The molecule has 31 heavy (non-hydrogen) atoms. The quantitative estimate of drug-likeness (QED) is 0.742. The Labute approximate surface area is 185 Å². The van der Waals surface area contributed by atoms with Crippen LogP contribution in [-0.2, 0) is 22.9 Å². The van der Waals surface area contributed by atoms with Crippen molar-refractivity contribution in [1.82, 2.24) is 9.62 Å². The van der Waals surface area contributed by atoms with E-state index in [0.29, 0.717) is 24.2 Å². The first-order valence-corrected chi connectivity index (χ1v) is 12.8. The highest BCUT2D eigenvalue weighted by Crippen LogP contribution is 2.27. The van der Waals surface area contributed by atoms with Gasteiger partial charge in [-0.25, -0.2) is 8.42 Å². The van der Waals surface area contributed by atoms with Gasteiger partial charge in [0.15, 0.2) is 0 Å². The highest BCUT2D eigenvalue weighted by atomic mass is 32.2. The lowest BCUT2D eigenvalue weighted by Crippen LogP contribution is -2.33. The van der Waals surface area contributed by atoms with Crippen LogP contribution < -0.4 is 5.32 Å². The number of benzene rings is 2. The Morgan fingerprint density at radius 3 is 2.39 bits per heavy atom. The minimum atomic E-state index is -3.61. The second-order valence-corrected chi connectivity index (χ2v) is 10.8. The van der Waals surface area contributed by atoms with Gasteiger partial charge in [-0.3, -0.25) is 4.79 Å². The molecule has 1 saturated heterocycles. The molecular weight excluding hydrogens is 408 g/mol. The third-order valence-electron chi connectivity index (χ3n) is 6.60. The number of carbonyl (C=O) groups excluding carboxylic acids is 1. The third-order valence-corrected chi connectivity index (χ3v) is 8.64. The Balaban J connectivity index is 1.54. The fourth-order valence-corrected chi connectivity index (χ4v) is 6.43. The van der Waals surface area contributed by atoms with Gasteiger partial charge in [0, 0.05) is 18.7 Å². The molecule has 1 fully saturated rings. The van der Waals surface area contributed by atoms with E-state index >= 15 is 0 Å². The summed E-state index contributed by atoms with van der Waals surface area (Å²) in [4.78, 5) is 13.2. The Kier molecular flexibility index (Phi) is 6.49. The summed E-state index contributed by atoms with van der Waals surface area (Å²) < 4.78 is 28.1. The van der Waals surface area contributed by atoms with Crippen molar-refractivity contribution in [3.05, 3.63) is 64.2 Å². The van der Waals surface area contributed by atoms with Crippen LogP contribution in [0.5, 0.6) is 0 Å². The summed E-state index contributed by atoms with van der Waals surface area (Å²) in [5, 5.41) is 3.04. The summed E-state index contributed by atoms with van der Waals surface area (Å²) in [6, 6.07) is 11.3. The van der Waals surface area contributed by atoms with Gasteiger partial charge in [0.2, 0.25) is 10.0 Å². The summed E-state index contributed by atoms with van der Waals surface area (Å²) >= 11 is 0. The smallest absolute Gasteiger partial charge is 0.251 e. The molecule has 0 saturated carbocycles. The summed E-state index contributed by atoms with van der Waals surface area (Å²) in [6.07, 6.45) is 7.32. The second-order valence-electron chi connectivity index (χ2n) is 8.88. The van der Waals surface area contributed by atoms with Crippen LogP contribution in [0.3, 0.4) is 0 Å². The molecule has 0 unspecified atom stereocenters. The van der Waals surface area contributed by atoms with Crippen LogP contribution >= 0.6 is 0 Å². The molecule has 0 aromatic heterocycles. The van der Waals surface area contributed by atoms with Crippen molar-refractivity contribution in [2.45, 2.75) is 69.7 Å². The number of aryl methyl sites for hydroxylation is 3. The third kappa shape index (κ3) is 4.70. The molecule has 2 aromatic carbocycles. The van der Waals surface area contributed by atoms with Gasteiger partial charge in [-0.15, -0.1) is 0 Å². The molecule has 166 valence electrons. The van der Waals surface area contributed by atoms with Crippen LogP contribution in [0.25, 0.3) is 0 Å². The van der Waals surface area contributed by atoms with Crippen molar-refractivity contribution in [3.63, 3.8) is 0 Å². The van der Waals surface area contributed by atoms with E-state index in [1.807, 2.05) is 6.92 Å². The molecule has 2 aliphatic rings. The van der Waals surface area contributed by atoms with Gasteiger partial charge in [-0.1, -0.05) is 37.1 Å². The summed E-state index contributed by atoms with van der Waals surface area (Å²) in [7, 11) is -3.61. The number of nitrogens with zero attached hydrogens (tertiary/aromatic N) is 1. The van der Waals surface area contributed by atoms with Crippen LogP contribution in [0.15, 0.2) is 41.3 Å². The number of hydrogen-bond acceptors (Lipinski definition) is 3. The van der Waals surface area contributed by atoms with Gasteiger partial charge < -0.3 is 5.32 Å². The fraction of sp³-hybridized carbons (Fsp3) is 0.480. The lowest BCUT2D eigenvalue weighted by molar-refractivity contribution is 0.0939. The monoisotopic (exact) mass is 440 g/mol. The van der Waals surface area contributed by atoms with E-state index in [1.54, 1.807) is 29.4 Å². The lowest BCUT2D eigenvalue weighted by Gasteiger charge is -2.22. The average Bonchev–Trinajstić information content (AvgIpc) is 3.04. The van der Waals surface area contributed by atoms with Crippen molar-refractivity contribution in [2.75, 3.05) is 13.1 Å². The number of hydrogen-bond donors (Lipinski definition) is 1. The summed E-state index contributed by atoms with van der Waals surface area (Å²) in [5.74, 6) is -0.250. The molecule has 1 atom stereocenters. The first-order valence-electron chi connectivity index (χ1n) is 11.4. The van der Waals surface area contributed by atoms with Crippen LogP contribution in [0, 0.1) is 6.92 Å². The van der Waals surface area contributed by atoms with Crippen molar-refractivity contribution in [3.8, 4) is 0 Å². The zero-order valence-electron chi connectivity index (χ0n) is 18.5. The largest absolute Gasteiger partial charge is 0.346 e. The zero-order valence-corrected chi connectivity index (χ0v) is 19.3. The Morgan fingerprint density at radius 2 is 1.65 bits per heavy atom. The fourth-order valence-electron chi connectivity index (χ4n) is 4.66. The van der Waals surface area contributed by atoms with Crippen molar-refractivity contribution >= 4 is 15.9 Å². The first-order chi connectivity index (χ1) is 14.9. The van der Waals surface area contributed by atoms with Crippen molar-refractivity contribution in [2.24, 2.45) is 0 Å². The van der Waals surface area contributed by atoms with E-state index in [1.165, 1.54) is 17.5 Å². The van der Waals surface area contributed by atoms with Gasteiger partial charge in [-0.05, 0) is 80.3 Å². The maximum Gasteiger partial charge on any atom is 0.251 e. The highest BCUT2D eigenvalue weighted by molar-refractivity contribution is 7.89. The van der Waals surface area contributed by atoms with Gasteiger partial charge in [0.25, 0.3) is 5.91 Å². The number of nitrogens with one attached hydrogen (secondary N) is 1. The molecule has 0 radical (unpaired) electrons. The van der Waals surface area contributed by atoms with Crippen LogP contribution in [0.4, 0.5) is 0 Å². The van der Waals surface area contributed by atoms with Gasteiger partial charge in [0.05, 0.1) is 10.9 Å². The molecule has 5 nitrogen and oxygen atoms in total. The molecule has 1 N–H and O–H groups in total. The van der Waals surface area contributed by atoms with Gasteiger partial charge in [0.1, 0.15) is 0 Å². The summed E-state index contributed by atoms with van der Waals surface area (Å²) in [5.41, 5.74) is 4.92. The van der Waals surface area contributed by atoms with E-state index in [9.17, 15) is 13.2 Å². The number of rotatable bonds is 5.